The molecular weight excluding hydrogens is 464 g/mol. The summed E-state index contributed by atoms with van der Waals surface area (Å²) in [7, 11) is -3.91. The van der Waals surface area contributed by atoms with Gasteiger partial charge < -0.3 is 5.32 Å². The summed E-state index contributed by atoms with van der Waals surface area (Å²) in [5.74, 6) is -0.344. The maximum absolute atomic E-state index is 13.8. The lowest BCUT2D eigenvalue weighted by molar-refractivity contribution is -0.122. The standard InChI is InChI=1S/C27H32N2O3S2/c1-19-15-20(2)27(21(3)16-19)34(31,32)29(17-23-9-7-6-8-10-23)18-26(30)28-22(4)24-11-13-25(33-5)14-12-24/h6-16,22H,17-18H2,1-5H3,(H,28,30)/t22-/m0/s1. The highest BCUT2D eigenvalue weighted by Gasteiger charge is 2.30. The number of hydrogen-bond donors (Lipinski definition) is 1. The largest absolute Gasteiger partial charge is 0.348 e. The molecule has 0 aromatic heterocycles. The molecule has 0 aliphatic rings. The van der Waals surface area contributed by atoms with Crippen LogP contribution in [0.4, 0.5) is 0 Å². The fourth-order valence-corrected chi connectivity index (χ4v) is 6.34. The summed E-state index contributed by atoms with van der Waals surface area (Å²) in [6.07, 6.45) is 2.01. The van der Waals surface area contributed by atoms with E-state index < -0.39 is 10.0 Å². The second-order valence-corrected chi connectivity index (χ2v) is 11.3. The maximum atomic E-state index is 13.8. The van der Waals surface area contributed by atoms with Gasteiger partial charge in [-0.2, -0.15) is 4.31 Å². The van der Waals surface area contributed by atoms with Crippen molar-refractivity contribution in [1.82, 2.24) is 9.62 Å². The lowest BCUT2D eigenvalue weighted by Gasteiger charge is -2.25. The van der Waals surface area contributed by atoms with Gasteiger partial charge in [-0.3, -0.25) is 4.79 Å². The lowest BCUT2D eigenvalue weighted by Crippen LogP contribution is -2.41. The number of hydrogen-bond acceptors (Lipinski definition) is 4. The first-order valence-corrected chi connectivity index (χ1v) is 13.8. The van der Waals surface area contributed by atoms with Gasteiger partial charge in [-0.25, -0.2) is 8.42 Å². The number of carbonyl (C=O) groups is 1. The van der Waals surface area contributed by atoms with Gasteiger partial charge in [0.25, 0.3) is 0 Å². The van der Waals surface area contributed by atoms with Gasteiger partial charge in [-0.15, -0.1) is 11.8 Å². The normalized spacial score (nSPS) is 12.5. The molecule has 0 aliphatic heterocycles. The van der Waals surface area contributed by atoms with Gasteiger partial charge in [0.2, 0.25) is 15.9 Å². The third-order valence-corrected chi connectivity index (χ3v) is 8.56. The van der Waals surface area contributed by atoms with Crippen LogP contribution >= 0.6 is 11.8 Å². The monoisotopic (exact) mass is 496 g/mol. The van der Waals surface area contributed by atoms with E-state index in [0.717, 1.165) is 21.6 Å². The molecule has 0 aliphatic carbocycles. The minimum atomic E-state index is -3.91. The van der Waals surface area contributed by atoms with Crippen LogP contribution in [-0.4, -0.2) is 31.4 Å². The zero-order chi connectivity index (χ0) is 24.9. The molecule has 1 atom stereocenters. The van der Waals surface area contributed by atoms with E-state index in [4.69, 9.17) is 0 Å². The second kappa shape index (κ2) is 11.2. The molecule has 5 nitrogen and oxygen atoms in total. The number of amides is 1. The summed E-state index contributed by atoms with van der Waals surface area (Å²) >= 11 is 1.66. The van der Waals surface area contributed by atoms with Gasteiger partial charge in [0, 0.05) is 11.4 Å². The van der Waals surface area contributed by atoms with Gasteiger partial charge >= 0.3 is 0 Å². The second-order valence-electron chi connectivity index (χ2n) is 8.55. The number of aryl methyl sites for hydroxylation is 3. The van der Waals surface area contributed by atoms with Crippen LogP contribution in [-0.2, 0) is 21.4 Å². The van der Waals surface area contributed by atoms with Crippen LogP contribution in [0.3, 0.4) is 0 Å². The number of sulfonamides is 1. The molecule has 0 saturated carbocycles. The highest BCUT2D eigenvalue weighted by atomic mass is 32.2. The number of benzene rings is 3. The summed E-state index contributed by atoms with van der Waals surface area (Å²) in [4.78, 5) is 14.4. The topological polar surface area (TPSA) is 66.5 Å². The van der Waals surface area contributed by atoms with E-state index in [1.807, 2.05) is 86.8 Å². The van der Waals surface area contributed by atoms with E-state index in [-0.39, 0.29) is 29.9 Å². The van der Waals surface area contributed by atoms with Crippen molar-refractivity contribution in [3.05, 3.63) is 94.5 Å². The molecule has 180 valence electrons. The molecule has 0 radical (unpaired) electrons. The molecule has 7 heteroatoms. The van der Waals surface area contributed by atoms with Crippen molar-refractivity contribution < 1.29 is 13.2 Å². The Morgan fingerprint density at radius 1 is 0.971 bits per heavy atom. The van der Waals surface area contributed by atoms with Crippen molar-refractivity contribution in [3.63, 3.8) is 0 Å². The molecule has 0 bridgehead atoms. The van der Waals surface area contributed by atoms with Crippen molar-refractivity contribution in [2.45, 2.75) is 50.1 Å². The Hall–Kier alpha value is -2.61. The Morgan fingerprint density at radius 3 is 2.12 bits per heavy atom. The first kappa shape index (κ1) is 26.0. The zero-order valence-corrected chi connectivity index (χ0v) is 22.0. The first-order valence-electron chi connectivity index (χ1n) is 11.2. The Bertz CT molecular complexity index is 1220. The Morgan fingerprint density at radius 2 is 1.56 bits per heavy atom. The number of thioether (sulfide) groups is 1. The van der Waals surface area contributed by atoms with Crippen molar-refractivity contribution in [3.8, 4) is 0 Å². The molecular formula is C27H32N2O3S2. The van der Waals surface area contributed by atoms with Crippen LogP contribution in [0, 0.1) is 20.8 Å². The van der Waals surface area contributed by atoms with Crippen LogP contribution in [0.15, 0.2) is 76.5 Å². The molecule has 3 rings (SSSR count). The van der Waals surface area contributed by atoms with E-state index in [0.29, 0.717) is 11.1 Å². The van der Waals surface area contributed by atoms with E-state index in [1.54, 1.807) is 25.6 Å². The molecule has 1 amide bonds. The molecule has 0 unspecified atom stereocenters. The summed E-state index contributed by atoms with van der Waals surface area (Å²) in [6.45, 7) is 7.29. The summed E-state index contributed by atoms with van der Waals surface area (Å²) in [6, 6.07) is 20.8. The van der Waals surface area contributed by atoms with Gasteiger partial charge in [-0.1, -0.05) is 60.2 Å². The van der Waals surface area contributed by atoms with E-state index in [9.17, 15) is 13.2 Å². The molecule has 0 fully saturated rings. The van der Waals surface area contributed by atoms with Crippen LogP contribution in [0.2, 0.25) is 0 Å². The molecule has 1 N–H and O–H groups in total. The average molecular weight is 497 g/mol. The lowest BCUT2D eigenvalue weighted by atomic mass is 10.1. The molecule has 3 aromatic rings. The van der Waals surface area contributed by atoms with E-state index in [2.05, 4.69) is 5.32 Å². The SMILES string of the molecule is CSc1ccc([C@H](C)NC(=O)CN(Cc2ccccc2)S(=O)(=O)c2c(C)cc(C)cc2C)cc1. The fourth-order valence-electron chi connectivity index (χ4n) is 4.14. The van der Waals surface area contributed by atoms with Crippen molar-refractivity contribution >= 4 is 27.7 Å². The first-order chi connectivity index (χ1) is 16.1. The van der Waals surface area contributed by atoms with E-state index >= 15 is 0 Å². The summed E-state index contributed by atoms with van der Waals surface area (Å²) in [5, 5.41) is 2.96. The van der Waals surface area contributed by atoms with Crippen molar-refractivity contribution in [2.24, 2.45) is 0 Å². The quantitative estimate of drug-likeness (QED) is 0.403. The fraction of sp³-hybridized carbons (Fsp3) is 0.296. The maximum Gasteiger partial charge on any atom is 0.244 e. The Kier molecular flexibility index (Phi) is 8.57. The molecule has 0 spiro atoms. The third kappa shape index (κ3) is 6.29. The van der Waals surface area contributed by atoms with Crippen molar-refractivity contribution in [2.75, 3.05) is 12.8 Å². The highest BCUT2D eigenvalue weighted by molar-refractivity contribution is 7.98. The van der Waals surface area contributed by atoms with Crippen LogP contribution in [0.25, 0.3) is 0 Å². The molecule has 0 heterocycles. The number of nitrogens with zero attached hydrogens (tertiary/aromatic N) is 1. The molecule has 0 saturated heterocycles. The predicted octanol–water partition coefficient (Wildman–Crippen LogP) is 5.40. The number of nitrogens with one attached hydrogen (secondary N) is 1. The van der Waals surface area contributed by atoms with E-state index in [1.165, 1.54) is 4.31 Å². The average Bonchev–Trinajstić information content (AvgIpc) is 2.78. The highest BCUT2D eigenvalue weighted by Crippen LogP contribution is 2.27. The Balaban J connectivity index is 1.88. The van der Waals surface area contributed by atoms with Crippen LogP contribution < -0.4 is 5.32 Å². The smallest absolute Gasteiger partial charge is 0.244 e. The number of rotatable bonds is 9. The minimum absolute atomic E-state index is 0.111. The molecule has 34 heavy (non-hydrogen) atoms. The van der Waals surface area contributed by atoms with Crippen LogP contribution in [0.5, 0.6) is 0 Å². The predicted molar refractivity (Wildman–Crippen MR) is 139 cm³/mol. The van der Waals surface area contributed by atoms with Gasteiger partial charge in [-0.05, 0) is 68.3 Å². The minimum Gasteiger partial charge on any atom is -0.348 e. The molecule has 3 aromatic carbocycles. The zero-order valence-electron chi connectivity index (χ0n) is 20.3. The summed E-state index contributed by atoms with van der Waals surface area (Å²) in [5.41, 5.74) is 4.15. The van der Waals surface area contributed by atoms with Crippen molar-refractivity contribution in [1.29, 1.82) is 0 Å². The number of carbonyl (C=O) groups excluding carboxylic acids is 1. The third-order valence-electron chi connectivity index (χ3n) is 5.72. The van der Waals surface area contributed by atoms with Gasteiger partial charge in [0.1, 0.15) is 0 Å². The van der Waals surface area contributed by atoms with Gasteiger partial charge in [0.05, 0.1) is 17.5 Å². The summed E-state index contributed by atoms with van der Waals surface area (Å²) < 4.78 is 28.9. The Labute approximate surface area is 207 Å². The van der Waals surface area contributed by atoms with Crippen LogP contribution in [0.1, 0.15) is 40.8 Å². The van der Waals surface area contributed by atoms with Gasteiger partial charge in [0.15, 0.2) is 0 Å².